The maximum atomic E-state index is 12.0. The number of aliphatic hydroxyl groups excluding tert-OH is 1. The Kier molecular flexibility index (Phi) is 5.17. The van der Waals surface area contributed by atoms with Gasteiger partial charge in [0.15, 0.2) is 0 Å². The number of nitrogens with one attached hydrogen (secondary N) is 1. The third-order valence-corrected chi connectivity index (χ3v) is 4.96. The lowest BCUT2D eigenvalue weighted by atomic mass is 10.1. The Bertz CT molecular complexity index is 754. The second kappa shape index (κ2) is 7.50. The van der Waals surface area contributed by atoms with Crippen LogP contribution in [0.25, 0.3) is 10.6 Å². The first kappa shape index (κ1) is 15.9. The topological polar surface area (TPSA) is 62.2 Å². The first-order valence-electron chi connectivity index (χ1n) is 7.19. The highest BCUT2D eigenvalue weighted by Gasteiger charge is 2.12. The van der Waals surface area contributed by atoms with E-state index in [4.69, 9.17) is 0 Å². The molecule has 1 amide bonds. The average Bonchev–Trinajstić information content (AvgIpc) is 3.24. The van der Waals surface area contributed by atoms with Crippen molar-refractivity contribution in [3.63, 3.8) is 0 Å². The van der Waals surface area contributed by atoms with Gasteiger partial charge in [-0.05, 0) is 17.0 Å². The van der Waals surface area contributed by atoms with Crippen LogP contribution in [0.2, 0.25) is 0 Å². The number of amides is 1. The molecule has 4 nitrogen and oxygen atoms in total. The van der Waals surface area contributed by atoms with Gasteiger partial charge >= 0.3 is 0 Å². The molecule has 0 unspecified atom stereocenters. The highest BCUT2D eigenvalue weighted by atomic mass is 32.1. The number of hydrogen-bond donors (Lipinski definition) is 2. The number of carbonyl (C=O) groups excluding carboxylic acids is 1. The molecule has 3 rings (SSSR count). The molecule has 0 aliphatic carbocycles. The summed E-state index contributed by atoms with van der Waals surface area (Å²) >= 11 is 3.16. The van der Waals surface area contributed by atoms with E-state index < -0.39 is 6.10 Å². The van der Waals surface area contributed by atoms with E-state index in [2.05, 4.69) is 10.3 Å². The maximum Gasteiger partial charge on any atom is 0.226 e. The summed E-state index contributed by atoms with van der Waals surface area (Å²) in [7, 11) is 0. The lowest BCUT2D eigenvalue weighted by Gasteiger charge is -2.11. The molecule has 0 aliphatic heterocycles. The van der Waals surface area contributed by atoms with Crippen LogP contribution in [-0.4, -0.2) is 22.5 Å². The number of rotatable bonds is 6. The van der Waals surface area contributed by atoms with E-state index in [1.165, 1.54) is 11.3 Å². The number of aromatic nitrogens is 1. The molecule has 0 fully saturated rings. The quantitative estimate of drug-likeness (QED) is 0.721. The lowest BCUT2D eigenvalue weighted by molar-refractivity contribution is -0.120. The SMILES string of the molecule is O=C(Cc1csc(-c2ccsc2)n1)NC[C@@H](O)c1ccccc1. The number of benzene rings is 1. The number of carbonyl (C=O) groups is 1. The van der Waals surface area contributed by atoms with Crippen molar-refractivity contribution < 1.29 is 9.90 Å². The summed E-state index contributed by atoms with van der Waals surface area (Å²) in [6, 6.07) is 11.3. The molecule has 6 heteroatoms. The second-order valence-electron chi connectivity index (χ2n) is 5.06. The molecule has 2 aromatic heterocycles. The van der Waals surface area contributed by atoms with E-state index >= 15 is 0 Å². The van der Waals surface area contributed by atoms with Crippen LogP contribution < -0.4 is 5.32 Å². The molecule has 23 heavy (non-hydrogen) atoms. The van der Waals surface area contributed by atoms with E-state index in [1.807, 2.05) is 52.5 Å². The van der Waals surface area contributed by atoms with Gasteiger partial charge in [-0.25, -0.2) is 4.98 Å². The van der Waals surface area contributed by atoms with Gasteiger partial charge in [-0.3, -0.25) is 4.79 Å². The number of aliphatic hydroxyl groups is 1. The first-order valence-corrected chi connectivity index (χ1v) is 9.01. The molecule has 118 valence electrons. The molecular weight excluding hydrogens is 328 g/mol. The average molecular weight is 344 g/mol. The second-order valence-corrected chi connectivity index (χ2v) is 6.70. The van der Waals surface area contributed by atoms with Crippen LogP contribution in [0.15, 0.2) is 52.5 Å². The molecule has 0 saturated carbocycles. The summed E-state index contributed by atoms with van der Waals surface area (Å²) < 4.78 is 0. The molecule has 1 aromatic carbocycles. The van der Waals surface area contributed by atoms with Gasteiger partial charge in [0.05, 0.1) is 18.2 Å². The Morgan fingerprint density at radius 1 is 1.22 bits per heavy atom. The predicted octanol–water partition coefficient (Wildman–Crippen LogP) is 3.26. The molecule has 0 radical (unpaired) electrons. The summed E-state index contributed by atoms with van der Waals surface area (Å²) in [4.78, 5) is 16.5. The minimum atomic E-state index is -0.697. The summed E-state index contributed by atoms with van der Waals surface area (Å²) in [5, 5.41) is 19.7. The standard InChI is InChI=1S/C17H16N2O2S2/c20-15(12-4-2-1-3-5-12)9-18-16(21)8-14-11-23-17(19-14)13-6-7-22-10-13/h1-7,10-11,15,20H,8-9H2,(H,18,21)/t15-/m1/s1. The van der Waals surface area contributed by atoms with Gasteiger partial charge in [0.25, 0.3) is 0 Å². The normalized spacial score (nSPS) is 12.0. The number of thiazole rings is 1. The number of nitrogens with zero attached hydrogens (tertiary/aromatic N) is 1. The molecule has 0 aliphatic rings. The molecular formula is C17H16N2O2S2. The Morgan fingerprint density at radius 2 is 2.04 bits per heavy atom. The highest BCUT2D eigenvalue weighted by Crippen LogP contribution is 2.25. The van der Waals surface area contributed by atoms with Crippen LogP contribution in [0.4, 0.5) is 0 Å². The molecule has 0 saturated heterocycles. The van der Waals surface area contributed by atoms with Crippen molar-refractivity contribution in [2.45, 2.75) is 12.5 Å². The zero-order valence-corrected chi connectivity index (χ0v) is 13.9. The fourth-order valence-corrected chi connectivity index (χ4v) is 3.67. The summed E-state index contributed by atoms with van der Waals surface area (Å²) in [6.45, 7) is 0.199. The van der Waals surface area contributed by atoms with Gasteiger partial charge in [-0.2, -0.15) is 11.3 Å². The van der Waals surface area contributed by atoms with Crippen LogP contribution in [0.1, 0.15) is 17.4 Å². The van der Waals surface area contributed by atoms with Crippen molar-refractivity contribution in [3.8, 4) is 10.6 Å². The molecule has 3 aromatic rings. The molecule has 0 spiro atoms. The van der Waals surface area contributed by atoms with Gasteiger partial charge in [0, 0.05) is 22.9 Å². The fourth-order valence-electron chi connectivity index (χ4n) is 2.14. The van der Waals surface area contributed by atoms with Crippen LogP contribution in [0.5, 0.6) is 0 Å². The van der Waals surface area contributed by atoms with E-state index in [0.29, 0.717) is 0 Å². The van der Waals surface area contributed by atoms with E-state index in [9.17, 15) is 9.90 Å². The first-order chi connectivity index (χ1) is 11.2. The van der Waals surface area contributed by atoms with E-state index in [0.717, 1.165) is 21.8 Å². The van der Waals surface area contributed by atoms with Gasteiger partial charge in [-0.15, -0.1) is 11.3 Å². The predicted molar refractivity (Wildman–Crippen MR) is 93.5 cm³/mol. The number of hydrogen-bond acceptors (Lipinski definition) is 5. The zero-order chi connectivity index (χ0) is 16.1. The largest absolute Gasteiger partial charge is 0.387 e. The molecule has 2 heterocycles. The zero-order valence-electron chi connectivity index (χ0n) is 12.3. The van der Waals surface area contributed by atoms with Crippen molar-refractivity contribution in [1.82, 2.24) is 10.3 Å². The van der Waals surface area contributed by atoms with Crippen LogP contribution in [0, 0.1) is 0 Å². The Morgan fingerprint density at radius 3 is 2.78 bits per heavy atom. The van der Waals surface area contributed by atoms with Gasteiger partial charge < -0.3 is 10.4 Å². The monoisotopic (exact) mass is 344 g/mol. The van der Waals surface area contributed by atoms with Crippen LogP contribution >= 0.6 is 22.7 Å². The minimum absolute atomic E-state index is 0.137. The Balaban J connectivity index is 1.52. The van der Waals surface area contributed by atoms with Gasteiger partial charge in [0.1, 0.15) is 5.01 Å². The fraction of sp³-hybridized carbons (Fsp3) is 0.176. The van der Waals surface area contributed by atoms with Gasteiger partial charge in [0.2, 0.25) is 5.91 Å². The van der Waals surface area contributed by atoms with Gasteiger partial charge in [-0.1, -0.05) is 30.3 Å². The third-order valence-electron chi connectivity index (χ3n) is 3.34. The van der Waals surface area contributed by atoms with Crippen molar-refractivity contribution in [1.29, 1.82) is 0 Å². The van der Waals surface area contributed by atoms with E-state index in [-0.39, 0.29) is 18.9 Å². The summed E-state index contributed by atoms with van der Waals surface area (Å²) in [6.07, 6.45) is -0.473. The summed E-state index contributed by atoms with van der Waals surface area (Å²) in [5.41, 5.74) is 2.63. The molecule has 0 bridgehead atoms. The molecule has 2 N–H and O–H groups in total. The number of thiophene rings is 1. The van der Waals surface area contributed by atoms with Crippen molar-refractivity contribution in [3.05, 3.63) is 63.8 Å². The van der Waals surface area contributed by atoms with Crippen molar-refractivity contribution in [2.24, 2.45) is 0 Å². The highest BCUT2D eigenvalue weighted by molar-refractivity contribution is 7.14. The Hall–Kier alpha value is -2.02. The third kappa shape index (κ3) is 4.25. The van der Waals surface area contributed by atoms with Crippen LogP contribution in [0.3, 0.4) is 0 Å². The Labute approximate surface area is 142 Å². The smallest absolute Gasteiger partial charge is 0.226 e. The maximum absolute atomic E-state index is 12.0. The summed E-state index contributed by atoms with van der Waals surface area (Å²) in [5.74, 6) is -0.137. The minimum Gasteiger partial charge on any atom is -0.387 e. The molecule has 1 atom stereocenters. The van der Waals surface area contributed by atoms with Crippen molar-refractivity contribution >= 4 is 28.6 Å². The lowest BCUT2D eigenvalue weighted by Crippen LogP contribution is -2.29. The van der Waals surface area contributed by atoms with E-state index in [1.54, 1.807) is 11.3 Å². The van der Waals surface area contributed by atoms with Crippen LogP contribution in [-0.2, 0) is 11.2 Å². The van der Waals surface area contributed by atoms with Crippen molar-refractivity contribution in [2.75, 3.05) is 6.54 Å².